The van der Waals surface area contributed by atoms with Gasteiger partial charge in [0, 0.05) is 112 Å². The Labute approximate surface area is 762 Å². The van der Waals surface area contributed by atoms with Crippen molar-refractivity contribution in [2.75, 3.05) is 65.4 Å². The van der Waals surface area contributed by atoms with Gasteiger partial charge in [-0.25, -0.2) is 0 Å². The van der Waals surface area contributed by atoms with Crippen molar-refractivity contribution >= 4 is 140 Å². The third kappa shape index (κ3) is 29.0. The highest BCUT2D eigenvalue weighted by Crippen LogP contribution is 2.30. The number of aliphatic hydroxyl groups excluding tert-OH is 2. The number of amides is 16. The summed E-state index contributed by atoms with van der Waals surface area (Å²) >= 11 is 0.783. The highest BCUT2D eigenvalue weighted by molar-refractivity contribution is 8.00. The number of nitrogens with two attached hydrogens (primary N) is 3. The van der Waals surface area contributed by atoms with Gasteiger partial charge >= 0.3 is 5.97 Å². The number of aromatic hydroxyl groups is 1. The van der Waals surface area contributed by atoms with Gasteiger partial charge in [-0.05, 0) is 112 Å². The van der Waals surface area contributed by atoms with Crippen molar-refractivity contribution in [2.45, 2.75) is 235 Å². The summed E-state index contributed by atoms with van der Waals surface area (Å²) in [5.74, 6) is -20.4. The van der Waals surface area contributed by atoms with Gasteiger partial charge in [0.1, 0.15) is 78.3 Å². The zero-order valence-electron chi connectivity index (χ0n) is 75.0. The Balaban J connectivity index is 1.19. The molecular weight excluding hydrogens is 1720 g/mol. The number of aliphatic carboxylic acids is 1. The highest BCUT2D eigenvalue weighted by atomic mass is 32.2. The lowest BCUT2D eigenvalue weighted by atomic mass is 9.90. The number of hydrogen-bond acceptors (Lipinski definition) is 23. The summed E-state index contributed by atoms with van der Waals surface area (Å²) in [5, 5.41) is 66.9. The van der Waals surface area contributed by atoms with Crippen LogP contribution in [0.15, 0.2) is 85.2 Å². The van der Waals surface area contributed by atoms with E-state index in [0.717, 1.165) is 26.5 Å². The van der Waals surface area contributed by atoms with Gasteiger partial charge in [-0.15, -0.1) is 11.8 Å². The van der Waals surface area contributed by atoms with E-state index in [1.54, 1.807) is 74.8 Å². The molecule has 0 aliphatic carbocycles. The second-order valence-electron chi connectivity index (χ2n) is 34.0. The van der Waals surface area contributed by atoms with Gasteiger partial charge in [-0.1, -0.05) is 102 Å². The standard InChI is InChI=1S/C89H125N19O22S/c1-9-11-22-68-83(124)99-62(34-48(3)4)81(122)103-67(79(120)95-43-74(92)114)46-131-47-75(115)96-63(35-50-25-27-54(110)28-26-50)85(126)104(6)49(5)77(118)100-65(40-73(91)113)88(129)107-33-17-24-69(107)84(125)102-66(45-109)82(123)98-61(29-30-76(116)117)87(128)108-44-55(111)39-71(108)72(112)38-51(36-52-41-93-58-20-15-13-18-56(52)58)78(119)97-60(31-32-90)80(121)101-64(37-53-42-94-59-21-16-14-19-57(53)59)86(127)106(8)70(23-12-10-2)89(130)105(68)7/h13-16,18-21,25-28,41-42,48-49,51,55,60-71,93-94,109-111H,9-12,17,22-24,29-40,43-47,90H2,1-8H3,(H2,91,113)(H2,92,114)(H,95,120)(H,96,115)(H,97,119)(H,98,123)(H,99,124)(H,100,118)(H,101,121)(H,102,125)(H,103,122)(H,116,117)/t49-,51+,55+,60-,61-,62-,63-,64-,65-,66-,67-,68-,69-,70-,71-/m0/s1. The highest BCUT2D eigenvalue weighted by Gasteiger charge is 2.47. The molecule has 714 valence electrons. The lowest BCUT2D eigenvalue weighted by Crippen LogP contribution is -2.60. The number of ketones is 1. The zero-order valence-corrected chi connectivity index (χ0v) is 75.8. The number of nitrogens with zero attached hydrogens (tertiary/aromatic N) is 5. The fraction of sp³-hybridized carbons (Fsp3) is 0.551. The Kier molecular flexibility index (Phi) is 39.2. The average molecular weight is 1850 g/mol. The maximum Gasteiger partial charge on any atom is 0.303 e. The number of carbonyl (C=O) groups is 18. The molecule has 42 heteroatoms. The van der Waals surface area contributed by atoms with E-state index in [9.17, 15) is 73.2 Å². The minimum Gasteiger partial charge on any atom is -0.508 e. The number of primary amides is 2. The van der Waals surface area contributed by atoms with Crippen molar-refractivity contribution in [2.24, 2.45) is 29.0 Å². The molecule has 8 rings (SSSR count). The summed E-state index contributed by atoms with van der Waals surface area (Å²) in [6.45, 7) is 5.61. The first-order valence-corrected chi connectivity index (χ1v) is 45.3. The van der Waals surface area contributed by atoms with Crippen LogP contribution in [-0.4, -0.2) is 311 Å². The number of unbranched alkanes of at least 4 members (excludes halogenated alkanes) is 2. The molecule has 131 heavy (non-hydrogen) atoms. The van der Waals surface area contributed by atoms with Gasteiger partial charge in [0.2, 0.25) is 94.5 Å². The number of Topliss-reactive ketones (excluding diaryl/α,β-unsaturated/α-hetero) is 1. The molecule has 3 fully saturated rings. The number of H-pyrrole nitrogens is 2. The fourth-order valence-corrected chi connectivity index (χ4v) is 17.3. The Morgan fingerprint density at radius 3 is 1.72 bits per heavy atom. The van der Waals surface area contributed by atoms with Gasteiger partial charge in [-0.2, -0.15) is 0 Å². The number of likely N-dealkylation sites (N-methyl/N-ethyl adjacent to an activating group) is 3. The van der Waals surface area contributed by atoms with Gasteiger partial charge in [-0.3, -0.25) is 86.3 Å². The number of aromatic amines is 2. The van der Waals surface area contributed by atoms with E-state index in [1.165, 1.54) is 62.1 Å². The van der Waals surface area contributed by atoms with Crippen LogP contribution in [0, 0.1) is 11.8 Å². The summed E-state index contributed by atoms with van der Waals surface area (Å²) in [6, 6.07) is -0.757. The lowest BCUT2D eigenvalue weighted by molar-refractivity contribution is -0.149. The van der Waals surface area contributed by atoms with Crippen LogP contribution in [0.25, 0.3) is 21.8 Å². The zero-order chi connectivity index (χ0) is 96.2. The third-order valence-corrected chi connectivity index (χ3v) is 24.8. The van der Waals surface area contributed by atoms with Crippen LogP contribution in [-0.2, 0) is 106 Å². The van der Waals surface area contributed by atoms with Gasteiger partial charge in [0.25, 0.3) is 0 Å². The molecule has 3 saturated heterocycles. The predicted molar refractivity (Wildman–Crippen MR) is 480 cm³/mol. The Bertz CT molecular complexity index is 4930. The number of carboxylic acid groups (broad SMARTS) is 1. The SMILES string of the molecule is CCCC[C@H]1C(=O)N(C)[C@@H](CCCC)C(=O)N[C@@H](CC(C)C)C(=O)N[C@H](C(=O)NCC(N)=O)CSCC(=O)N[C@@H](Cc2ccc(O)cc2)C(=O)N(C)[C@@H](C)C(=O)N[C@@H](CC(N)=O)C(=O)N2CCC[C@H]2C(=O)N[C@@H](CO)C(=O)N[C@@H](CCC(=O)O)C(=O)N2C[C@H](O)C[C@H]2C(=O)C[C@@H](Cc2c[nH]c3ccccc23)C(=O)N[C@@H](CCN)C(=O)N[C@@H](Cc2c[nH]c3ccccc23)C(=O)N1C. The Morgan fingerprint density at radius 2 is 1.11 bits per heavy atom. The monoisotopic (exact) mass is 1840 g/mol. The van der Waals surface area contributed by atoms with Crippen molar-refractivity contribution in [3.63, 3.8) is 0 Å². The number of fused-ring (bicyclic) bond motifs is 4. The number of nitrogens with one attached hydrogen (secondary N) is 11. The molecule has 0 radical (unpaired) electrons. The molecule has 3 aliphatic heterocycles. The van der Waals surface area contributed by atoms with Crippen LogP contribution in [0.3, 0.4) is 0 Å². The second-order valence-corrected chi connectivity index (χ2v) is 35.1. The molecule has 0 saturated carbocycles. The summed E-state index contributed by atoms with van der Waals surface area (Å²) in [4.78, 5) is 272. The average Bonchev–Trinajstić information content (AvgIpc) is 1.72. The molecule has 15 atom stereocenters. The number of phenols is 1. The number of carbonyl (C=O) groups excluding carboxylic acids is 17. The number of hydrogen-bond donors (Lipinski definition) is 18. The molecule has 3 aromatic carbocycles. The van der Waals surface area contributed by atoms with Crippen LogP contribution in [0.5, 0.6) is 5.75 Å². The van der Waals surface area contributed by atoms with E-state index in [4.69, 9.17) is 17.2 Å². The molecule has 41 nitrogen and oxygen atoms in total. The molecule has 5 heterocycles. The van der Waals surface area contributed by atoms with E-state index in [2.05, 4.69) is 57.8 Å². The Hall–Kier alpha value is -12.6. The summed E-state index contributed by atoms with van der Waals surface area (Å²) in [5.41, 5.74) is 20.1. The molecule has 21 N–H and O–H groups in total. The first-order chi connectivity index (χ1) is 62.3. The van der Waals surface area contributed by atoms with Crippen LogP contribution in [0.4, 0.5) is 0 Å². The minimum atomic E-state index is -1.95. The van der Waals surface area contributed by atoms with Gasteiger partial charge < -0.3 is 120 Å². The van der Waals surface area contributed by atoms with Crippen LogP contribution in [0.1, 0.15) is 148 Å². The number of aliphatic hydroxyl groups is 2. The van der Waals surface area contributed by atoms with Crippen LogP contribution in [0.2, 0.25) is 0 Å². The largest absolute Gasteiger partial charge is 0.508 e. The van der Waals surface area contributed by atoms with E-state index in [0.29, 0.717) is 64.2 Å². The van der Waals surface area contributed by atoms with E-state index in [-0.39, 0.29) is 82.5 Å². The summed E-state index contributed by atoms with van der Waals surface area (Å²) < 4.78 is 0. The first-order valence-electron chi connectivity index (χ1n) is 44.1. The molecule has 0 spiro atoms. The Morgan fingerprint density at radius 1 is 0.565 bits per heavy atom. The second kappa shape index (κ2) is 49.4. The molecule has 16 amide bonds. The summed E-state index contributed by atoms with van der Waals surface area (Å²) in [6.07, 6.45) is -0.793. The predicted octanol–water partition coefficient (Wildman–Crippen LogP) is -1.85. The summed E-state index contributed by atoms with van der Waals surface area (Å²) in [7, 11) is 3.95. The van der Waals surface area contributed by atoms with Crippen molar-refractivity contribution in [1.29, 1.82) is 0 Å². The van der Waals surface area contributed by atoms with Crippen LogP contribution < -0.4 is 65.1 Å². The maximum atomic E-state index is 15.8. The maximum absolute atomic E-state index is 15.8. The molecule has 0 bridgehead atoms. The normalized spacial score (nSPS) is 25.3. The van der Waals surface area contributed by atoms with Gasteiger partial charge in [0.05, 0.1) is 37.5 Å². The fourth-order valence-electron chi connectivity index (χ4n) is 16.4. The smallest absolute Gasteiger partial charge is 0.303 e. The molecule has 5 aromatic rings. The lowest BCUT2D eigenvalue weighted by Gasteiger charge is -2.36. The van der Waals surface area contributed by atoms with Crippen molar-refractivity contribution in [3.8, 4) is 5.75 Å². The van der Waals surface area contributed by atoms with Crippen molar-refractivity contribution < 1.29 is 107 Å². The molecule has 0 unspecified atom stereocenters. The number of phenolic OH excluding ortho intramolecular Hbond substituents is 1. The van der Waals surface area contributed by atoms with Crippen LogP contribution >= 0.6 is 11.8 Å². The number of aromatic nitrogens is 2. The van der Waals surface area contributed by atoms with E-state index >= 15 is 33.6 Å². The molecule has 3 aliphatic rings. The quantitative estimate of drug-likeness (QED) is 0.0305. The van der Waals surface area contributed by atoms with E-state index in [1.807, 2.05) is 13.8 Å². The molecule has 2 aromatic heterocycles. The number of carboxylic acids is 1. The number of para-hydroxylation sites is 2. The molecular formula is C89H125N19O22S. The number of benzene rings is 3. The van der Waals surface area contributed by atoms with E-state index < -0.39 is 260 Å². The first kappa shape index (κ1) is 104. The van der Waals surface area contributed by atoms with Crippen molar-refractivity contribution in [3.05, 3.63) is 102 Å². The van der Waals surface area contributed by atoms with Gasteiger partial charge in [0.15, 0.2) is 5.78 Å². The minimum absolute atomic E-state index is 0.0264. The topological polar surface area (TPSA) is 622 Å². The van der Waals surface area contributed by atoms with Crippen molar-refractivity contribution in [1.82, 2.24) is 82.3 Å². The number of thioether (sulfide) groups is 1. The third-order valence-electron chi connectivity index (χ3n) is 23.8. The number of rotatable bonds is 25.